The highest BCUT2D eigenvalue weighted by Crippen LogP contribution is 2.33. The average Bonchev–Trinajstić information content (AvgIpc) is 2.91. The van der Waals surface area contributed by atoms with Crippen LogP contribution in [0.3, 0.4) is 0 Å². The first-order valence-electron chi connectivity index (χ1n) is 12.3. The van der Waals surface area contributed by atoms with Crippen LogP contribution in [0.2, 0.25) is 10.0 Å². The molecule has 0 saturated carbocycles. The van der Waals surface area contributed by atoms with E-state index in [2.05, 4.69) is 5.32 Å². The van der Waals surface area contributed by atoms with Crippen LogP contribution in [0.5, 0.6) is 5.75 Å². The van der Waals surface area contributed by atoms with Gasteiger partial charge in [0.2, 0.25) is 11.8 Å². The van der Waals surface area contributed by atoms with Gasteiger partial charge >= 0.3 is 0 Å². The Bertz CT molecular complexity index is 1410. The zero-order valence-electron chi connectivity index (χ0n) is 22.1. The van der Waals surface area contributed by atoms with Crippen molar-refractivity contribution in [2.24, 2.45) is 0 Å². The van der Waals surface area contributed by atoms with Crippen molar-refractivity contribution in [3.63, 3.8) is 0 Å². The number of carbonyl (C=O) groups is 2. The van der Waals surface area contributed by atoms with Crippen molar-refractivity contribution in [3.8, 4) is 5.75 Å². The largest absolute Gasteiger partial charge is 0.492 e. The number of sulfonamides is 1. The van der Waals surface area contributed by atoms with Gasteiger partial charge in [-0.2, -0.15) is 0 Å². The van der Waals surface area contributed by atoms with Gasteiger partial charge in [-0.15, -0.1) is 0 Å². The quantitative estimate of drug-likeness (QED) is 0.336. The van der Waals surface area contributed by atoms with Gasteiger partial charge in [0.05, 0.1) is 17.2 Å². The molecule has 3 aromatic rings. The maximum Gasteiger partial charge on any atom is 0.264 e. The van der Waals surface area contributed by atoms with Crippen LogP contribution >= 0.6 is 23.2 Å². The highest BCUT2D eigenvalue weighted by atomic mass is 35.5. The molecular formula is C28H31Cl2N3O5S. The van der Waals surface area contributed by atoms with Crippen molar-refractivity contribution in [3.05, 3.63) is 87.9 Å². The SMILES string of the molecule is CCOc1ccccc1N(CC(=O)N(Cc1c(Cl)cccc1Cl)C(C)C(=O)NC)S(=O)(=O)c1ccc(C)cc1. The van der Waals surface area contributed by atoms with Crippen molar-refractivity contribution in [2.75, 3.05) is 24.5 Å². The zero-order valence-corrected chi connectivity index (χ0v) is 24.5. The van der Waals surface area contributed by atoms with E-state index < -0.39 is 34.4 Å². The summed E-state index contributed by atoms with van der Waals surface area (Å²) in [5, 5.41) is 3.17. The highest BCUT2D eigenvalue weighted by Gasteiger charge is 2.34. The van der Waals surface area contributed by atoms with E-state index in [0.29, 0.717) is 21.4 Å². The second kappa shape index (κ2) is 13.2. The Morgan fingerprint density at radius 3 is 2.18 bits per heavy atom. The molecule has 0 spiro atoms. The normalized spacial score (nSPS) is 11.9. The number of benzene rings is 3. The van der Waals surface area contributed by atoms with Gasteiger partial charge < -0.3 is 15.0 Å². The van der Waals surface area contributed by atoms with Gasteiger partial charge in [-0.05, 0) is 57.2 Å². The second-order valence-electron chi connectivity index (χ2n) is 8.74. The molecule has 0 bridgehead atoms. The van der Waals surface area contributed by atoms with Gasteiger partial charge in [-0.3, -0.25) is 13.9 Å². The molecule has 1 N–H and O–H groups in total. The van der Waals surface area contributed by atoms with E-state index in [1.165, 1.54) is 24.1 Å². The molecule has 208 valence electrons. The van der Waals surface area contributed by atoms with Crippen molar-refractivity contribution >= 4 is 50.7 Å². The van der Waals surface area contributed by atoms with Gasteiger partial charge in [-0.25, -0.2) is 8.42 Å². The summed E-state index contributed by atoms with van der Waals surface area (Å²) in [5.41, 5.74) is 1.51. The summed E-state index contributed by atoms with van der Waals surface area (Å²) in [6, 6.07) is 16.9. The third kappa shape index (κ3) is 7.03. The smallest absolute Gasteiger partial charge is 0.264 e. The maximum absolute atomic E-state index is 14.0. The molecule has 0 aromatic heterocycles. The fourth-order valence-electron chi connectivity index (χ4n) is 3.94. The van der Waals surface area contributed by atoms with E-state index in [9.17, 15) is 18.0 Å². The molecule has 1 unspecified atom stereocenters. The molecule has 3 rings (SSSR count). The number of nitrogens with zero attached hydrogens (tertiary/aromatic N) is 2. The Kier molecular flexibility index (Phi) is 10.2. The molecule has 0 radical (unpaired) electrons. The Balaban J connectivity index is 2.12. The van der Waals surface area contributed by atoms with E-state index in [4.69, 9.17) is 27.9 Å². The maximum atomic E-state index is 14.0. The molecule has 0 heterocycles. The van der Waals surface area contributed by atoms with E-state index >= 15 is 0 Å². The van der Waals surface area contributed by atoms with Crippen LogP contribution in [0.15, 0.2) is 71.6 Å². The predicted molar refractivity (Wildman–Crippen MR) is 154 cm³/mol. The fraction of sp³-hybridized carbons (Fsp3) is 0.286. The Hall–Kier alpha value is -3.27. The lowest BCUT2D eigenvalue weighted by atomic mass is 10.1. The molecule has 11 heteroatoms. The number of aryl methyl sites for hydroxylation is 1. The van der Waals surface area contributed by atoms with Crippen molar-refractivity contribution in [2.45, 2.75) is 38.3 Å². The van der Waals surface area contributed by atoms with Crippen molar-refractivity contribution in [1.82, 2.24) is 10.2 Å². The number of likely N-dealkylation sites (N-methyl/N-ethyl adjacent to an activating group) is 1. The number of amides is 2. The number of hydrogen-bond donors (Lipinski definition) is 1. The molecular weight excluding hydrogens is 561 g/mol. The van der Waals surface area contributed by atoms with Crippen LogP contribution in [-0.4, -0.2) is 51.4 Å². The van der Waals surface area contributed by atoms with Crippen LogP contribution in [0.25, 0.3) is 0 Å². The Morgan fingerprint density at radius 1 is 0.974 bits per heavy atom. The van der Waals surface area contributed by atoms with Gasteiger partial charge in [0, 0.05) is 29.2 Å². The molecule has 0 aliphatic carbocycles. The van der Waals surface area contributed by atoms with Crippen molar-refractivity contribution < 1.29 is 22.7 Å². The van der Waals surface area contributed by atoms with Gasteiger partial charge in [0.25, 0.3) is 10.0 Å². The number of ether oxygens (including phenoxy) is 1. The van der Waals surface area contributed by atoms with Gasteiger partial charge in [-0.1, -0.05) is 59.1 Å². The number of nitrogens with one attached hydrogen (secondary N) is 1. The first-order valence-corrected chi connectivity index (χ1v) is 14.5. The molecule has 0 aliphatic rings. The number of para-hydroxylation sites is 2. The van der Waals surface area contributed by atoms with Gasteiger partial charge in [0.15, 0.2) is 0 Å². The van der Waals surface area contributed by atoms with Crippen molar-refractivity contribution in [1.29, 1.82) is 0 Å². The predicted octanol–water partition coefficient (Wildman–Crippen LogP) is 5.06. The van der Waals surface area contributed by atoms with Crippen LogP contribution in [0.1, 0.15) is 25.0 Å². The molecule has 39 heavy (non-hydrogen) atoms. The lowest BCUT2D eigenvalue weighted by molar-refractivity contribution is -0.139. The second-order valence-corrected chi connectivity index (χ2v) is 11.4. The lowest BCUT2D eigenvalue weighted by Crippen LogP contribution is -2.50. The lowest BCUT2D eigenvalue weighted by Gasteiger charge is -2.32. The minimum atomic E-state index is -4.23. The Labute approximate surface area is 239 Å². The van der Waals surface area contributed by atoms with Crippen LogP contribution in [0.4, 0.5) is 5.69 Å². The van der Waals surface area contributed by atoms with E-state index in [-0.39, 0.29) is 23.7 Å². The number of anilines is 1. The first kappa shape index (κ1) is 30.3. The molecule has 0 aliphatic heterocycles. The van der Waals surface area contributed by atoms with E-state index in [1.807, 2.05) is 6.92 Å². The number of rotatable bonds is 11. The molecule has 0 fully saturated rings. The monoisotopic (exact) mass is 591 g/mol. The third-order valence-corrected chi connectivity index (χ3v) is 8.61. The molecule has 0 saturated heterocycles. The summed E-state index contributed by atoms with van der Waals surface area (Å²) in [7, 11) is -2.77. The Morgan fingerprint density at radius 2 is 1.59 bits per heavy atom. The number of hydrogen-bond acceptors (Lipinski definition) is 5. The fourth-order valence-corrected chi connectivity index (χ4v) is 5.88. The summed E-state index contributed by atoms with van der Waals surface area (Å²) in [6.07, 6.45) is 0. The highest BCUT2D eigenvalue weighted by molar-refractivity contribution is 7.92. The summed E-state index contributed by atoms with van der Waals surface area (Å²) >= 11 is 12.7. The zero-order chi connectivity index (χ0) is 28.7. The summed E-state index contributed by atoms with van der Waals surface area (Å²) in [5.74, 6) is -0.776. The third-order valence-electron chi connectivity index (χ3n) is 6.13. The van der Waals surface area contributed by atoms with E-state index in [0.717, 1.165) is 9.87 Å². The van der Waals surface area contributed by atoms with Crippen LogP contribution < -0.4 is 14.4 Å². The summed E-state index contributed by atoms with van der Waals surface area (Å²) in [4.78, 5) is 27.8. The molecule has 1 atom stereocenters. The minimum Gasteiger partial charge on any atom is -0.492 e. The first-order chi connectivity index (χ1) is 18.5. The van der Waals surface area contributed by atoms with Crippen LogP contribution in [0, 0.1) is 6.92 Å². The average molecular weight is 593 g/mol. The molecule has 8 nitrogen and oxygen atoms in total. The van der Waals surface area contributed by atoms with Gasteiger partial charge in [0.1, 0.15) is 18.3 Å². The molecule has 2 amide bonds. The summed E-state index contributed by atoms with van der Waals surface area (Å²) in [6.45, 7) is 4.74. The minimum absolute atomic E-state index is 0.00671. The van der Waals surface area contributed by atoms with E-state index in [1.54, 1.807) is 68.4 Å². The van der Waals surface area contributed by atoms with Crippen LogP contribution in [-0.2, 0) is 26.2 Å². The summed E-state index contributed by atoms with van der Waals surface area (Å²) < 4.78 is 34.6. The number of halogens is 2. The number of carbonyl (C=O) groups excluding carboxylic acids is 2. The standard InChI is InChI=1S/C28H31Cl2N3O5S/c1-5-38-26-12-7-6-11-25(26)33(39(36,37)21-15-13-19(2)14-16-21)18-27(34)32(20(3)28(35)31-4)17-22-23(29)9-8-10-24(22)30/h6-16,20H,5,17-18H2,1-4H3,(H,31,35). The molecule has 3 aromatic carbocycles. The topological polar surface area (TPSA) is 96.0 Å².